The fourth-order valence-electron chi connectivity index (χ4n) is 2.55. The van der Waals surface area contributed by atoms with E-state index in [0.717, 1.165) is 0 Å². The number of nitrogens with one attached hydrogen (secondary N) is 1. The number of pyridine rings is 1. The van der Waals surface area contributed by atoms with Gasteiger partial charge in [0.1, 0.15) is 18.5 Å². The zero-order valence-corrected chi connectivity index (χ0v) is 15.8. The molecule has 9 heteroatoms. The molecule has 2 aromatic heterocycles. The number of hydrogen-bond donors (Lipinski definition) is 1. The van der Waals surface area contributed by atoms with Gasteiger partial charge < -0.3 is 24.1 Å². The van der Waals surface area contributed by atoms with Gasteiger partial charge in [0.15, 0.2) is 0 Å². The number of nitrogens with zero attached hydrogens (tertiary/aromatic N) is 2. The highest BCUT2D eigenvalue weighted by Gasteiger charge is 2.24. The number of morpholine rings is 1. The number of rotatable bonds is 7. The Bertz CT molecular complexity index is 807. The van der Waals surface area contributed by atoms with Crippen LogP contribution in [0, 0.1) is 0 Å². The Kier molecular flexibility index (Phi) is 7.05. The van der Waals surface area contributed by atoms with E-state index in [1.54, 1.807) is 29.2 Å². The summed E-state index contributed by atoms with van der Waals surface area (Å²) in [5, 5.41) is 3.09. The van der Waals surface area contributed by atoms with Crippen molar-refractivity contribution in [3.63, 3.8) is 0 Å². The van der Waals surface area contributed by atoms with E-state index in [4.69, 9.17) is 25.5 Å². The molecule has 8 nitrogen and oxygen atoms in total. The van der Waals surface area contributed by atoms with Crippen LogP contribution in [0.15, 0.2) is 47.2 Å². The highest BCUT2D eigenvalue weighted by atomic mass is 35.5. The molecule has 1 unspecified atom stereocenters. The Morgan fingerprint density at radius 3 is 3.04 bits per heavy atom. The van der Waals surface area contributed by atoms with Gasteiger partial charge in [0, 0.05) is 24.9 Å². The highest BCUT2D eigenvalue weighted by Crippen LogP contribution is 2.13. The van der Waals surface area contributed by atoms with Gasteiger partial charge in [0.2, 0.25) is 17.7 Å². The van der Waals surface area contributed by atoms with Crippen LogP contribution in [-0.4, -0.2) is 60.7 Å². The Morgan fingerprint density at radius 2 is 2.29 bits per heavy atom. The van der Waals surface area contributed by atoms with Crippen molar-refractivity contribution in [1.82, 2.24) is 15.2 Å². The van der Waals surface area contributed by atoms with Crippen molar-refractivity contribution >= 4 is 29.5 Å². The summed E-state index contributed by atoms with van der Waals surface area (Å²) in [5.74, 6) is 0.448. The molecule has 0 radical (unpaired) electrons. The lowest BCUT2D eigenvalue weighted by molar-refractivity contribution is -0.140. The van der Waals surface area contributed by atoms with Crippen LogP contribution in [0.1, 0.15) is 5.76 Å². The molecular formula is C19H20ClN3O5. The minimum Gasteiger partial charge on any atom is -0.475 e. The lowest BCUT2D eigenvalue weighted by atomic mass is 10.2. The van der Waals surface area contributed by atoms with E-state index in [2.05, 4.69) is 10.3 Å². The minimum absolute atomic E-state index is 0.0896. The van der Waals surface area contributed by atoms with Crippen molar-refractivity contribution in [3.05, 3.63) is 53.6 Å². The van der Waals surface area contributed by atoms with Crippen LogP contribution in [0.5, 0.6) is 5.88 Å². The summed E-state index contributed by atoms with van der Waals surface area (Å²) < 4.78 is 16.3. The molecule has 1 aliphatic heterocycles. The van der Waals surface area contributed by atoms with E-state index in [9.17, 15) is 9.59 Å². The van der Waals surface area contributed by atoms with Crippen LogP contribution < -0.4 is 10.1 Å². The quantitative estimate of drug-likeness (QED) is 0.705. The summed E-state index contributed by atoms with van der Waals surface area (Å²) >= 11 is 5.79. The number of carbonyl (C=O) groups excluding carboxylic acids is 2. The van der Waals surface area contributed by atoms with Gasteiger partial charge in [-0.3, -0.25) is 9.59 Å². The molecule has 0 bridgehead atoms. The first kappa shape index (κ1) is 19.9. The first-order chi connectivity index (χ1) is 13.6. The van der Waals surface area contributed by atoms with Gasteiger partial charge in [-0.15, -0.1) is 0 Å². The highest BCUT2D eigenvalue weighted by molar-refractivity contribution is 6.30. The standard InChI is InChI=1S/C19H20ClN3O5/c20-14-3-6-18(22-10-14)28-13-16-12-23(7-9-27-16)19(25)11-21-17(24)5-4-15-2-1-8-26-15/h1-6,8,10,16H,7,9,11-13H2,(H,21,24)/b5-4-. The summed E-state index contributed by atoms with van der Waals surface area (Å²) in [5.41, 5.74) is 0. The number of carbonyl (C=O) groups is 2. The molecule has 1 atom stereocenters. The molecule has 1 aliphatic rings. The number of furan rings is 1. The Labute approximate surface area is 167 Å². The van der Waals surface area contributed by atoms with E-state index in [0.29, 0.717) is 36.4 Å². The van der Waals surface area contributed by atoms with Crippen molar-refractivity contribution in [2.45, 2.75) is 6.10 Å². The molecule has 2 amide bonds. The number of hydrogen-bond acceptors (Lipinski definition) is 6. The fraction of sp³-hybridized carbons (Fsp3) is 0.316. The van der Waals surface area contributed by atoms with Crippen LogP contribution in [0.3, 0.4) is 0 Å². The maximum Gasteiger partial charge on any atom is 0.244 e. The predicted octanol–water partition coefficient (Wildman–Crippen LogP) is 1.76. The van der Waals surface area contributed by atoms with Gasteiger partial charge in [0.25, 0.3) is 0 Å². The van der Waals surface area contributed by atoms with E-state index in [-0.39, 0.29) is 31.1 Å². The molecule has 148 valence electrons. The lowest BCUT2D eigenvalue weighted by Gasteiger charge is -2.32. The van der Waals surface area contributed by atoms with Crippen molar-refractivity contribution in [1.29, 1.82) is 0 Å². The first-order valence-corrected chi connectivity index (χ1v) is 9.11. The topological polar surface area (TPSA) is 93.9 Å². The minimum atomic E-state index is -0.369. The third kappa shape index (κ3) is 6.11. The third-order valence-corrected chi connectivity index (χ3v) is 4.19. The van der Waals surface area contributed by atoms with Gasteiger partial charge in [-0.1, -0.05) is 11.6 Å². The van der Waals surface area contributed by atoms with Gasteiger partial charge in [0.05, 0.1) is 31.0 Å². The summed E-state index contributed by atoms with van der Waals surface area (Å²) in [7, 11) is 0. The van der Waals surface area contributed by atoms with Gasteiger partial charge in [-0.25, -0.2) is 4.98 Å². The number of amides is 2. The van der Waals surface area contributed by atoms with Gasteiger partial charge >= 0.3 is 0 Å². The lowest BCUT2D eigenvalue weighted by Crippen LogP contribution is -2.50. The van der Waals surface area contributed by atoms with Crippen LogP contribution in [0.4, 0.5) is 0 Å². The van der Waals surface area contributed by atoms with Gasteiger partial charge in [-0.2, -0.15) is 0 Å². The normalized spacial score (nSPS) is 16.9. The second kappa shape index (κ2) is 9.91. The molecule has 2 aromatic rings. The van der Waals surface area contributed by atoms with Crippen LogP contribution in [0.25, 0.3) is 6.08 Å². The SMILES string of the molecule is O=C(/C=C\c1ccco1)NCC(=O)N1CCOC(COc2ccc(Cl)cn2)C1. The van der Waals surface area contributed by atoms with Crippen molar-refractivity contribution in [3.8, 4) is 5.88 Å². The monoisotopic (exact) mass is 405 g/mol. The molecule has 1 N–H and O–H groups in total. The Hall–Kier alpha value is -2.84. The van der Waals surface area contributed by atoms with Crippen molar-refractivity contribution < 1.29 is 23.5 Å². The fourth-order valence-corrected chi connectivity index (χ4v) is 2.66. The molecule has 0 aliphatic carbocycles. The van der Waals surface area contributed by atoms with Crippen LogP contribution >= 0.6 is 11.6 Å². The first-order valence-electron chi connectivity index (χ1n) is 8.73. The largest absolute Gasteiger partial charge is 0.475 e. The number of ether oxygens (including phenoxy) is 2. The van der Waals surface area contributed by atoms with Crippen molar-refractivity contribution in [2.75, 3.05) is 32.8 Å². The smallest absolute Gasteiger partial charge is 0.244 e. The molecule has 0 saturated carbocycles. The summed E-state index contributed by atoms with van der Waals surface area (Å²) in [6.45, 7) is 1.42. The second-order valence-corrected chi connectivity index (χ2v) is 6.46. The van der Waals surface area contributed by atoms with Crippen LogP contribution in [0.2, 0.25) is 5.02 Å². The Balaban J connectivity index is 1.41. The Morgan fingerprint density at radius 1 is 1.39 bits per heavy atom. The maximum atomic E-state index is 12.3. The molecular weight excluding hydrogens is 386 g/mol. The zero-order valence-electron chi connectivity index (χ0n) is 15.0. The van der Waals surface area contributed by atoms with E-state index in [1.165, 1.54) is 24.6 Å². The van der Waals surface area contributed by atoms with Crippen LogP contribution in [-0.2, 0) is 14.3 Å². The molecule has 28 heavy (non-hydrogen) atoms. The van der Waals surface area contributed by atoms with E-state index in [1.807, 2.05) is 0 Å². The van der Waals surface area contributed by atoms with Crippen molar-refractivity contribution in [2.24, 2.45) is 0 Å². The van der Waals surface area contributed by atoms with E-state index >= 15 is 0 Å². The zero-order chi connectivity index (χ0) is 19.8. The van der Waals surface area contributed by atoms with Gasteiger partial charge in [-0.05, 0) is 24.3 Å². The number of aromatic nitrogens is 1. The molecule has 3 rings (SSSR count). The molecule has 0 spiro atoms. The molecule has 3 heterocycles. The average molecular weight is 406 g/mol. The third-order valence-electron chi connectivity index (χ3n) is 3.96. The molecule has 1 saturated heterocycles. The maximum absolute atomic E-state index is 12.3. The second-order valence-electron chi connectivity index (χ2n) is 6.02. The predicted molar refractivity (Wildman–Crippen MR) is 102 cm³/mol. The van der Waals surface area contributed by atoms with E-state index < -0.39 is 0 Å². The number of halogens is 1. The molecule has 1 fully saturated rings. The summed E-state index contributed by atoms with van der Waals surface area (Å²) in [4.78, 5) is 29.8. The summed E-state index contributed by atoms with van der Waals surface area (Å²) in [6, 6.07) is 6.80. The molecule has 0 aromatic carbocycles. The average Bonchev–Trinajstić information content (AvgIpc) is 3.24. The summed E-state index contributed by atoms with van der Waals surface area (Å²) in [6.07, 6.45) is 5.60.